The highest BCUT2D eigenvalue weighted by Crippen LogP contribution is 2.30. The van der Waals surface area contributed by atoms with Gasteiger partial charge >= 0.3 is 6.18 Å². The zero-order valence-corrected chi connectivity index (χ0v) is 15.5. The van der Waals surface area contributed by atoms with Crippen molar-refractivity contribution in [2.24, 2.45) is 0 Å². The molecule has 0 bridgehead atoms. The van der Waals surface area contributed by atoms with Crippen LogP contribution < -0.4 is 14.8 Å². The number of H-pyrrole nitrogens is 1. The number of pyridine rings is 1. The minimum absolute atomic E-state index is 0.282. The zero-order valence-electron chi connectivity index (χ0n) is 14.7. The van der Waals surface area contributed by atoms with Crippen LogP contribution in [0.2, 0.25) is 0 Å². The fourth-order valence-electron chi connectivity index (χ4n) is 3.09. The molecule has 4 nitrogen and oxygen atoms in total. The molecular weight excluding hydrogens is 392 g/mol. The van der Waals surface area contributed by atoms with E-state index in [-0.39, 0.29) is 5.82 Å². The minimum Gasteiger partial charge on any atom is -0.340 e. The summed E-state index contributed by atoms with van der Waals surface area (Å²) in [6, 6.07) is 8.78. The first-order chi connectivity index (χ1) is 13.4. The van der Waals surface area contributed by atoms with Crippen molar-refractivity contribution >= 4 is 22.3 Å². The molecule has 146 valence electrons. The summed E-state index contributed by atoms with van der Waals surface area (Å²) in [6.45, 7) is 2.77. The lowest BCUT2D eigenvalue weighted by atomic mass is 10.2. The van der Waals surface area contributed by atoms with E-state index in [0.29, 0.717) is 32.0 Å². The molecule has 3 aromatic rings. The molecule has 2 aromatic heterocycles. The number of aromatic nitrogens is 2. The van der Waals surface area contributed by atoms with Gasteiger partial charge in [-0.25, -0.2) is 14.4 Å². The van der Waals surface area contributed by atoms with E-state index in [9.17, 15) is 17.6 Å². The first-order valence-corrected chi connectivity index (χ1v) is 9.58. The highest BCUT2D eigenvalue weighted by atomic mass is 32.1. The number of piperazine rings is 1. The monoisotopic (exact) mass is 409 g/mol. The molecule has 0 aliphatic carbocycles. The molecule has 1 aliphatic heterocycles. The van der Waals surface area contributed by atoms with Gasteiger partial charge in [-0.15, -0.1) is 11.3 Å². The fraction of sp³-hybridized carbons (Fsp3) is 0.263. The van der Waals surface area contributed by atoms with Crippen LogP contribution in [0, 0.1) is 5.82 Å². The van der Waals surface area contributed by atoms with Crippen LogP contribution in [-0.4, -0.2) is 31.2 Å². The van der Waals surface area contributed by atoms with E-state index in [1.54, 1.807) is 12.1 Å². The summed E-state index contributed by atoms with van der Waals surface area (Å²) >= 11 is 1.53. The van der Waals surface area contributed by atoms with Crippen LogP contribution in [0.5, 0.6) is 0 Å². The van der Waals surface area contributed by atoms with Gasteiger partial charge in [0.2, 0.25) is 0 Å². The standard InChI is InChI=1S/C19H16F4N4S/c20-15-4-1-13(2-5-15)16-12-28-18(25-16)27-9-7-26(8-10-27)17-6-3-14(11-24-17)19(21,22)23/h1-6,11-12H,7-10H2/p+1. The number of benzene rings is 1. The van der Waals surface area contributed by atoms with Gasteiger partial charge in [0.15, 0.2) is 5.13 Å². The van der Waals surface area contributed by atoms with Gasteiger partial charge in [-0.3, -0.25) is 4.90 Å². The Labute approximate surface area is 163 Å². The third-order valence-corrected chi connectivity index (χ3v) is 5.55. The quantitative estimate of drug-likeness (QED) is 0.611. The Morgan fingerprint density at radius 3 is 2.21 bits per heavy atom. The number of thiazole rings is 1. The third kappa shape index (κ3) is 3.94. The number of nitrogens with zero attached hydrogens (tertiary/aromatic N) is 3. The van der Waals surface area contributed by atoms with Gasteiger partial charge in [0, 0.05) is 17.0 Å². The summed E-state index contributed by atoms with van der Waals surface area (Å²) in [5.74, 6) is 0.384. The van der Waals surface area contributed by atoms with E-state index in [4.69, 9.17) is 0 Å². The van der Waals surface area contributed by atoms with Gasteiger partial charge in [-0.05, 0) is 30.3 Å². The number of anilines is 2. The number of nitrogens with one attached hydrogen (secondary N) is 1. The van der Waals surface area contributed by atoms with Crippen LogP contribution in [0.25, 0.3) is 11.3 Å². The summed E-state index contributed by atoms with van der Waals surface area (Å²) in [7, 11) is 0. The second-order valence-electron chi connectivity index (χ2n) is 6.46. The van der Waals surface area contributed by atoms with Crippen molar-refractivity contribution in [3.8, 4) is 11.3 Å². The van der Waals surface area contributed by atoms with Crippen molar-refractivity contribution in [3.63, 3.8) is 0 Å². The Bertz CT molecular complexity index is 930. The van der Waals surface area contributed by atoms with E-state index in [2.05, 4.69) is 14.9 Å². The number of rotatable bonds is 3. The average Bonchev–Trinajstić information content (AvgIpc) is 3.18. The van der Waals surface area contributed by atoms with Gasteiger partial charge in [-0.1, -0.05) is 0 Å². The molecule has 3 heterocycles. The molecule has 0 saturated carbocycles. The fourth-order valence-corrected chi connectivity index (χ4v) is 3.98. The zero-order chi connectivity index (χ0) is 19.7. The first-order valence-electron chi connectivity index (χ1n) is 8.70. The Kier molecular flexibility index (Phi) is 4.92. The van der Waals surface area contributed by atoms with Crippen molar-refractivity contribution in [1.82, 2.24) is 4.98 Å². The normalized spacial score (nSPS) is 15.1. The molecule has 0 amide bonds. The number of hydrogen-bond acceptors (Lipinski definition) is 4. The topological polar surface area (TPSA) is 33.5 Å². The Morgan fingerprint density at radius 2 is 1.61 bits per heavy atom. The molecule has 1 aliphatic rings. The molecule has 1 aromatic carbocycles. The second kappa shape index (κ2) is 7.38. The lowest BCUT2D eigenvalue weighted by molar-refractivity contribution is -0.367. The van der Waals surface area contributed by atoms with Gasteiger partial charge < -0.3 is 4.90 Å². The van der Waals surface area contributed by atoms with Crippen LogP contribution in [0.1, 0.15) is 5.56 Å². The highest BCUT2D eigenvalue weighted by molar-refractivity contribution is 7.14. The SMILES string of the molecule is Fc1ccc(-c2csc(N3CCN(c4ccc(C(F)(F)F)c[nH+]4)CC3)n2)cc1. The van der Waals surface area contributed by atoms with Crippen LogP contribution in [0.4, 0.5) is 28.5 Å². The molecule has 0 unspecified atom stereocenters. The number of aromatic amines is 1. The summed E-state index contributed by atoms with van der Waals surface area (Å²) in [5, 5.41) is 2.83. The van der Waals surface area contributed by atoms with Crippen LogP contribution in [0.3, 0.4) is 0 Å². The van der Waals surface area contributed by atoms with E-state index >= 15 is 0 Å². The molecule has 0 spiro atoms. The van der Waals surface area contributed by atoms with Gasteiger partial charge in [-0.2, -0.15) is 13.2 Å². The minimum atomic E-state index is -4.35. The molecule has 1 fully saturated rings. The molecule has 0 atom stereocenters. The molecular formula is C19H17F4N4S+. The van der Waals surface area contributed by atoms with Gasteiger partial charge in [0.25, 0.3) is 5.82 Å². The molecule has 4 rings (SSSR count). The van der Waals surface area contributed by atoms with Crippen LogP contribution in [0.15, 0.2) is 48.0 Å². The van der Waals surface area contributed by atoms with E-state index in [1.807, 2.05) is 10.3 Å². The van der Waals surface area contributed by atoms with Crippen LogP contribution >= 0.6 is 11.3 Å². The number of halogens is 4. The molecule has 28 heavy (non-hydrogen) atoms. The number of alkyl halides is 3. The van der Waals surface area contributed by atoms with Gasteiger partial charge in [0.1, 0.15) is 25.1 Å². The van der Waals surface area contributed by atoms with E-state index in [0.717, 1.165) is 28.7 Å². The molecule has 9 heteroatoms. The smallest absolute Gasteiger partial charge is 0.340 e. The molecule has 1 N–H and O–H groups in total. The van der Waals surface area contributed by atoms with Gasteiger partial charge in [0.05, 0.1) is 24.3 Å². The summed E-state index contributed by atoms with van der Waals surface area (Å²) in [4.78, 5) is 11.6. The summed E-state index contributed by atoms with van der Waals surface area (Å²) in [6.07, 6.45) is -3.35. The molecule has 1 saturated heterocycles. The van der Waals surface area contributed by atoms with Crippen molar-refractivity contribution < 1.29 is 22.5 Å². The molecule has 0 radical (unpaired) electrons. The van der Waals surface area contributed by atoms with Crippen molar-refractivity contribution in [2.75, 3.05) is 36.0 Å². The second-order valence-corrected chi connectivity index (χ2v) is 7.29. The van der Waals surface area contributed by atoms with Crippen LogP contribution in [-0.2, 0) is 6.18 Å². The maximum Gasteiger partial charge on any atom is 0.419 e. The van der Waals surface area contributed by atoms with Crippen molar-refractivity contribution in [1.29, 1.82) is 0 Å². The predicted octanol–water partition coefficient (Wildman–Crippen LogP) is 4.11. The highest BCUT2D eigenvalue weighted by Gasteiger charge is 2.32. The average molecular weight is 409 g/mol. The Hall–Kier alpha value is -2.68. The Balaban J connectivity index is 1.40. The van der Waals surface area contributed by atoms with Crippen molar-refractivity contribution in [2.45, 2.75) is 6.18 Å². The lowest BCUT2D eigenvalue weighted by Gasteiger charge is -2.30. The van der Waals surface area contributed by atoms with E-state index < -0.39 is 11.7 Å². The largest absolute Gasteiger partial charge is 0.419 e. The summed E-state index contributed by atoms with van der Waals surface area (Å²) in [5.41, 5.74) is 0.978. The first kappa shape index (κ1) is 18.7. The van der Waals surface area contributed by atoms with E-state index in [1.165, 1.54) is 29.5 Å². The predicted molar refractivity (Wildman–Crippen MR) is 99.9 cm³/mol. The van der Waals surface area contributed by atoms with Crippen molar-refractivity contribution in [3.05, 3.63) is 59.4 Å². The third-order valence-electron chi connectivity index (χ3n) is 4.65. The maximum absolute atomic E-state index is 13.1. The lowest BCUT2D eigenvalue weighted by Crippen LogP contribution is -2.48. The number of hydrogen-bond donors (Lipinski definition) is 0. The summed E-state index contributed by atoms with van der Waals surface area (Å²) < 4.78 is 51.1. The maximum atomic E-state index is 13.1. The Morgan fingerprint density at radius 1 is 0.929 bits per heavy atom.